The lowest BCUT2D eigenvalue weighted by molar-refractivity contribution is -0.155. The van der Waals surface area contributed by atoms with Crippen molar-refractivity contribution >= 4 is 10.9 Å². The van der Waals surface area contributed by atoms with Gasteiger partial charge in [0.15, 0.2) is 6.23 Å². The molecule has 2 aliphatic heterocycles. The fourth-order valence-electron chi connectivity index (χ4n) is 5.28. The van der Waals surface area contributed by atoms with Crippen molar-refractivity contribution in [1.82, 2.24) is 14.7 Å². The molecule has 0 radical (unpaired) electrons. The zero-order valence-corrected chi connectivity index (χ0v) is 18.4. The summed E-state index contributed by atoms with van der Waals surface area (Å²) in [6, 6.07) is 2.82. The van der Waals surface area contributed by atoms with E-state index in [1.807, 2.05) is 0 Å². The zero-order valence-electron chi connectivity index (χ0n) is 18.4. The third-order valence-corrected chi connectivity index (χ3v) is 6.75. The standard InChI is InChI=1S/C24H24F5N3O2/c1-13-8-16-15(5-6-20-17(16)11-30-32(20)21-4-2-3-7-34-21)23(31(13)12-24(27,28)29)22-18(25)9-14(33)10-19(22)26/h5-6,9-11,13,21,23,33H,2-4,7-8,12H2,1H3/t13-,21?,23+/m1/s1. The van der Waals surface area contributed by atoms with E-state index in [0.717, 1.165) is 47.2 Å². The minimum absolute atomic E-state index is 0.227. The molecular weight excluding hydrogens is 457 g/mol. The Kier molecular flexibility index (Phi) is 5.76. The van der Waals surface area contributed by atoms with Gasteiger partial charge in [-0.2, -0.15) is 18.3 Å². The van der Waals surface area contributed by atoms with E-state index in [4.69, 9.17) is 4.74 Å². The lowest BCUT2D eigenvalue weighted by Gasteiger charge is -2.42. The van der Waals surface area contributed by atoms with Crippen LogP contribution in [0, 0.1) is 11.6 Å². The number of rotatable bonds is 3. The number of phenols is 1. The van der Waals surface area contributed by atoms with Crippen molar-refractivity contribution in [2.75, 3.05) is 13.2 Å². The molecule has 0 aliphatic carbocycles. The highest BCUT2D eigenvalue weighted by molar-refractivity contribution is 5.84. The van der Waals surface area contributed by atoms with Gasteiger partial charge in [-0.05, 0) is 49.8 Å². The van der Waals surface area contributed by atoms with Crippen LogP contribution in [0.5, 0.6) is 5.75 Å². The van der Waals surface area contributed by atoms with Gasteiger partial charge >= 0.3 is 6.18 Å². The van der Waals surface area contributed by atoms with E-state index in [0.29, 0.717) is 17.7 Å². The summed E-state index contributed by atoms with van der Waals surface area (Å²) < 4.78 is 78.0. The van der Waals surface area contributed by atoms with E-state index in [1.165, 1.54) is 0 Å². The number of hydrogen-bond donors (Lipinski definition) is 1. The predicted octanol–water partition coefficient (Wildman–Crippen LogP) is 5.62. The Hall–Kier alpha value is -2.72. The number of ether oxygens (including phenoxy) is 1. The monoisotopic (exact) mass is 481 g/mol. The Morgan fingerprint density at radius 1 is 1.15 bits per heavy atom. The van der Waals surface area contributed by atoms with Gasteiger partial charge in [-0.1, -0.05) is 6.07 Å². The molecule has 3 atom stereocenters. The molecule has 34 heavy (non-hydrogen) atoms. The smallest absolute Gasteiger partial charge is 0.401 e. The number of nitrogens with zero attached hydrogens (tertiary/aromatic N) is 3. The van der Waals surface area contributed by atoms with E-state index < -0.39 is 47.8 Å². The summed E-state index contributed by atoms with van der Waals surface area (Å²) in [6.07, 6.45) is -0.103. The molecule has 1 fully saturated rings. The minimum atomic E-state index is -4.57. The summed E-state index contributed by atoms with van der Waals surface area (Å²) in [5.74, 6) is -2.82. The summed E-state index contributed by atoms with van der Waals surface area (Å²) in [4.78, 5) is 1.07. The second kappa shape index (κ2) is 8.49. The van der Waals surface area contributed by atoms with E-state index in [-0.39, 0.29) is 12.6 Å². The molecule has 0 bridgehead atoms. The highest BCUT2D eigenvalue weighted by Gasteiger charge is 2.43. The number of aromatic hydroxyl groups is 1. The number of aromatic nitrogens is 2. The highest BCUT2D eigenvalue weighted by Crippen LogP contribution is 2.44. The van der Waals surface area contributed by atoms with E-state index in [1.54, 1.807) is 29.9 Å². The molecule has 1 unspecified atom stereocenters. The van der Waals surface area contributed by atoms with Crippen LogP contribution in [-0.4, -0.2) is 45.2 Å². The normalized spacial score (nSPS) is 23.9. The van der Waals surface area contributed by atoms with Crippen molar-refractivity contribution in [3.63, 3.8) is 0 Å². The van der Waals surface area contributed by atoms with Gasteiger partial charge in [0.1, 0.15) is 17.4 Å². The summed E-state index contributed by atoms with van der Waals surface area (Å²) in [6.45, 7) is 0.915. The quantitative estimate of drug-likeness (QED) is 0.494. The Balaban J connectivity index is 1.68. The Bertz CT molecular complexity index is 1200. The number of hydrogen-bond acceptors (Lipinski definition) is 4. The minimum Gasteiger partial charge on any atom is -0.508 e. The average molecular weight is 481 g/mol. The Morgan fingerprint density at radius 3 is 2.53 bits per heavy atom. The van der Waals surface area contributed by atoms with Crippen molar-refractivity contribution in [2.45, 2.75) is 57.1 Å². The van der Waals surface area contributed by atoms with Gasteiger partial charge in [-0.3, -0.25) is 4.90 Å². The van der Waals surface area contributed by atoms with Gasteiger partial charge < -0.3 is 9.84 Å². The van der Waals surface area contributed by atoms with Gasteiger partial charge in [0.05, 0.1) is 24.3 Å². The average Bonchev–Trinajstić information content (AvgIpc) is 3.19. The molecule has 2 aromatic carbocycles. The van der Waals surface area contributed by atoms with Gasteiger partial charge in [0, 0.05) is 35.7 Å². The first-order valence-electron chi connectivity index (χ1n) is 11.2. The van der Waals surface area contributed by atoms with E-state index >= 15 is 0 Å². The fourth-order valence-corrected chi connectivity index (χ4v) is 5.28. The van der Waals surface area contributed by atoms with E-state index in [9.17, 15) is 27.1 Å². The number of alkyl halides is 3. The molecule has 1 saturated heterocycles. The number of benzene rings is 2. The lowest BCUT2D eigenvalue weighted by atomic mass is 9.83. The molecule has 182 valence electrons. The van der Waals surface area contributed by atoms with Crippen LogP contribution < -0.4 is 0 Å². The summed E-state index contributed by atoms with van der Waals surface area (Å²) >= 11 is 0. The predicted molar refractivity (Wildman–Crippen MR) is 114 cm³/mol. The largest absolute Gasteiger partial charge is 0.508 e. The molecular formula is C24H24F5N3O2. The molecule has 2 aliphatic rings. The first kappa shape index (κ1) is 23.0. The molecule has 5 rings (SSSR count). The highest BCUT2D eigenvalue weighted by atomic mass is 19.4. The second-order valence-electron chi connectivity index (χ2n) is 9.04. The summed E-state index contributed by atoms with van der Waals surface area (Å²) in [5.41, 5.74) is 1.36. The van der Waals surface area contributed by atoms with Crippen LogP contribution in [0.4, 0.5) is 22.0 Å². The molecule has 10 heteroatoms. The second-order valence-corrected chi connectivity index (χ2v) is 9.04. The van der Waals surface area contributed by atoms with Crippen molar-refractivity contribution in [1.29, 1.82) is 0 Å². The maximum atomic E-state index is 14.9. The molecule has 0 spiro atoms. The number of phenolic OH excluding ortho intramolecular Hbond substituents is 1. The van der Waals surface area contributed by atoms with Crippen molar-refractivity contribution in [3.05, 3.63) is 58.8 Å². The first-order chi connectivity index (χ1) is 16.1. The molecule has 3 aromatic rings. The Morgan fingerprint density at radius 2 is 1.88 bits per heavy atom. The van der Waals surface area contributed by atoms with Gasteiger partial charge in [-0.25, -0.2) is 13.5 Å². The van der Waals surface area contributed by atoms with E-state index in [2.05, 4.69) is 5.10 Å². The van der Waals surface area contributed by atoms with Crippen LogP contribution >= 0.6 is 0 Å². The molecule has 5 nitrogen and oxygen atoms in total. The lowest BCUT2D eigenvalue weighted by Crippen LogP contribution is -2.47. The molecule has 0 saturated carbocycles. The van der Waals surface area contributed by atoms with Crippen molar-refractivity contribution in [3.8, 4) is 5.75 Å². The van der Waals surface area contributed by atoms with Crippen LogP contribution in [0.3, 0.4) is 0 Å². The van der Waals surface area contributed by atoms with Gasteiger partial charge in [0.25, 0.3) is 0 Å². The van der Waals surface area contributed by atoms with Crippen LogP contribution in [0.2, 0.25) is 0 Å². The summed E-state index contributed by atoms with van der Waals surface area (Å²) in [7, 11) is 0. The topological polar surface area (TPSA) is 50.5 Å². The number of fused-ring (bicyclic) bond motifs is 3. The van der Waals surface area contributed by atoms with Crippen LogP contribution in [0.25, 0.3) is 10.9 Å². The maximum Gasteiger partial charge on any atom is 0.401 e. The van der Waals surface area contributed by atoms with Crippen LogP contribution in [0.15, 0.2) is 30.5 Å². The summed E-state index contributed by atoms with van der Waals surface area (Å²) in [5, 5.41) is 14.8. The third kappa shape index (κ3) is 4.02. The Labute approximate surface area is 192 Å². The fraction of sp³-hybridized carbons (Fsp3) is 0.458. The maximum absolute atomic E-state index is 14.9. The van der Waals surface area contributed by atoms with Gasteiger partial charge in [0.2, 0.25) is 0 Å². The van der Waals surface area contributed by atoms with Crippen LogP contribution in [0.1, 0.15) is 55.1 Å². The van der Waals surface area contributed by atoms with Crippen molar-refractivity contribution in [2.24, 2.45) is 0 Å². The SMILES string of the molecule is C[C@@H]1Cc2c(ccc3c2cnn3C2CCCCO2)[C@@H](c2c(F)cc(O)cc2F)N1CC(F)(F)F. The number of halogens is 5. The molecule has 1 N–H and O–H groups in total. The van der Waals surface area contributed by atoms with Crippen molar-refractivity contribution < 1.29 is 31.8 Å². The first-order valence-corrected chi connectivity index (χ1v) is 11.2. The third-order valence-electron chi connectivity index (χ3n) is 6.75. The molecule has 0 amide bonds. The van der Waals surface area contributed by atoms with Gasteiger partial charge in [-0.15, -0.1) is 0 Å². The molecule has 3 heterocycles. The van der Waals surface area contributed by atoms with Crippen LogP contribution in [-0.2, 0) is 11.2 Å². The molecule has 1 aromatic heterocycles. The zero-order chi connectivity index (χ0) is 24.2.